The summed E-state index contributed by atoms with van der Waals surface area (Å²) in [5.74, 6) is 2.96. The summed E-state index contributed by atoms with van der Waals surface area (Å²) in [6, 6.07) is 0. The van der Waals surface area contributed by atoms with Crippen LogP contribution in [0.3, 0.4) is 0 Å². The molecule has 1 aliphatic carbocycles. The van der Waals surface area contributed by atoms with Gasteiger partial charge in [0, 0.05) is 0 Å². The zero-order valence-corrected chi connectivity index (χ0v) is 11.1. The molecule has 1 atom stereocenters. The molecule has 0 aromatic carbocycles. The van der Waals surface area contributed by atoms with Crippen LogP contribution in [0.4, 0.5) is 0 Å². The predicted octanol–water partition coefficient (Wildman–Crippen LogP) is 5.42. The van der Waals surface area contributed by atoms with Crippen molar-refractivity contribution in [2.75, 3.05) is 0 Å². The summed E-state index contributed by atoms with van der Waals surface area (Å²) < 4.78 is 0. The Balaban J connectivity index is 2.04. The molecule has 0 aromatic heterocycles. The maximum atomic E-state index is 2.49. The van der Waals surface area contributed by atoms with Gasteiger partial charge in [0.2, 0.25) is 0 Å². The van der Waals surface area contributed by atoms with E-state index in [-0.39, 0.29) is 0 Å². The zero-order valence-electron chi connectivity index (χ0n) is 11.1. The smallest absolute Gasteiger partial charge is 0.0388 e. The van der Waals surface area contributed by atoms with Gasteiger partial charge in [-0.05, 0) is 17.8 Å². The van der Waals surface area contributed by atoms with E-state index in [9.17, 15) is 0 Å². The van der Waals surface area contributed by atoms with Crippen molar-refractivity contribution in [3.05, 3.63) is 0 Å². The van der Waals surface area contributed by atoms with Gasteiger partial charge < -0.3 is 0 Å². The Kier molecular flexibility index (Phi) is 6.36. The SMILES string of the molecule is CC(C)CCCCC(C)C1CCCCC1. The van der Waals surface area contributed by atoms with Gasteiger partial charge in [-0.3, -0.25) is 0 Å². The Morgan fingerprint density at radius 3 is 2.07 bits per heavy atom. The molecule has 0 aliphatic heterocycles. The van der Waals surface area contributed by atoms with E-state index in [1.54, 1.807) is 0 Å². The van der Waals surface area contributed by atoms with Crippen molar-refractivity contribution in [3.8, 4) is 0 Å². The highest BCUT2D eigenvalue weighted by Crippen LogP contribution is 2.32. The van der Waals surface area contributed by atoms with Crippen molar-refractivity contribution >= 4 is 0 Å². The highest BCUT2D eigenvalue weighted by Gasteiger charge is 2.19. The number of unbranched alkanes of at least 4 members (excludes halogenated alkanes) is 1. The van der Waals surface area contributed by atoms with Crippen LogP contribution in [0.1, 0.15) is 78.6 Å². The average molecular weight is 210 g/mol. The highest BCUT2D eigenvalue weighted by molar-refractivity contribution is 4.71. The molecule has 0 aromatic rings. The first-order valence-corrected chi connectivity index (χ1v) is 7.20. The molecule has 0 radical (unpaired) electrons. The second-order valence-electron chi connectivity index (χ2n) is 6.05. The fourth-order valence-corrected chi connectivity index (χ4v) is 2.96. The Hall–Kier alpha value is 0. The quantitative estimate of drug-likeness (QED) is 0.514. The van der Waals surface area contributed by atoms with Crippen LogP contribution in [0.15, 0.2) is 0 Å². The van der Waals surface area contributed by atoms with Crippen LogP contribution >= 0.6 is 0 Å². The number of rotatable bonds is 6. The van der Waals surface area contributed by atoms with Gasteiger partial charge in [0.1, 0.15) is 0 Å². The van der Waals surface area contributed by atoms with Crippen molar-refractivity contribution in [2.45, 2.75) is 78.6 Å². The van der Waals surface area contributed by atoms with Crippen LogP contribution < -0.4 is 0 Å². The summed E-state index contributed by atoms with van der Waals surface area (Å²) in [6.07, 6.45) is 13.4. The summed E-state index contributed by atoms with van der Waals surface area (Å²) in [4.78, 5) is 0. The van der Waals surface area contributed by atoms with Crippen LogP contribution in [-0.4, -0.2) is 0 Å². The van der Waals surface area contributed by atoms with E-state index >= 15 is 0 Å². The molecule has 1 unspecified atom stereocenters. The van der Waals surface area contributed by atoms with E-state index < -0.39 is 0 Å². The standard InChI is InChI=1S/C15H30/c1-13(2)9-7-8-10-14(3)15-11-5-4-6-12-15/h13-15H,4-12H2,1-3H3. The fourth-order valence-electron chi connectivity index (χ4n) is 2.96. The molecule has 0 heteroatoms. The number of hydrogen-bond donors (Lipinski definition) is 0. The summed E-state index contributed by atoms with van der Waals surface area (Å²) in [7, 11) is 0. The van der Waals surface area contributed by atoms with Gasteiger partial charge >= 0.3 is 0 Å². The van der Waals surface area contributed by atoms with E-state index in [4.69, 9.17) is 0 Å². The molecule has 1 saturated carbocycles. The molecule has 0 spiro atoms. The van der Waals surface area contributed by atoms with Crippen molar-refractivity contribution in [1.82, 2.24) is 0 Å². The van der Waals surface area contributed by atoms with Crippen molar-refractivity contribution in [1.29, 1.82) is 0 Å². The van der Waals surface area contributed by atoms with Crippen LogP contribution in [-0.2, 0) is 0 Å². The molecule has 0 bridgehead atoms. The van der Waals surface area contributed by atoms with Crippen molar-refractivity contribution < 1.29 is 0 Å². The summed E-state index contributed by atoms with van der Waals surface area (Å²) in [5, 5.41) is 0. The Bertz CT molecular complexity index is 142. The molecule has 0 amide bonds. The molecule has 1 aliphatic rings. The lowest BCUT2D eigenvalue weighted by molar-refractivity contribution is 0.246. The molecule has 15 heavy (non-hydrogen) atoms. The molecule has 0 N–H and O–H groups in total. The maximum absolute atomic E-state index is 2.49. The summed E-state index contributed by atoms with van der Waals surface area (Å²) in [6.45, 7) is 7.17. The van der Waals surface area contributed by atoms with E-state index in [1.807, 2.05) is 0 Å². The van der Waals surface area contributed by atoms with Gasteiger partial charge in [0.15, 0.2) is 0 Å². The molecule has 0 nitrogen and oxygen atoms in total. The minimum atomic E-state index is 0.898. The third kappa shape index (κ3) is 5.58. The van der Waals surface area contributed by atoms with E-state index in [1.165, 1.54) is 57.8 Å². The van der Waals surface area contributed by atoms with Gasteiger partial charge in [-0.25, -0.2) is 0 Å². The third-order valence-electron chi connectivity index (χ3n) is 4.15. The van der Waals surface area contributed by atoms with Gasteiger partial charge in [0.05, 0.1) is 0 Å². The first kappa shape index (κ1) is 13.1. The van der Waals surface area contributed by atoms with Crippen LogP contribution in [0.5, 0.6) is 0 Å². The Morgan fingerprint density at radius 1 is 0.867 bits per heavy atom. The lowest BCUT2D eigenvalue weighted by Gasteiger charge is -2.27. The number of hydrogen-bond acceptors (Lipinski definition) is 0. The van der Waals surface area contributed by atoms with Crippen molar-refractivity contribution in [3.63, 3.8) is 0 Å². The topological polar surface area (TPSA) is 0 Å². The largest absolute Gasteiger partial charge is 0.0628 e. The lowest BCUT2D eigenvalue weighted by atomic mass is 9.79. The monoisotopic (exact) mass is 210 g/mol. The first-order chi connectivity index (χ1) is 7.20. The minimum Gasteiger partial charge on any atom is -0.0628 e. The first-order valence-electron chi connectivity index (χ1n) is 7.20. The van der Waals surface area contributed by atoms with Crippen LogP contribution in [0, 0.1) is 17.8 Å². The Labute approximate surface area is 96.8 Å². The molecule has 90 valence electrons. The predicted molar refractivity (Wildman–Crippen MR) is 69.0 cm³/mol. The maximum Gasteiger partial charge on any atom is -0.0388 e. The minimum absolute atomic E-state index is 0.898. The van der Waals surface area contributed by atoms with Crippen LogP contribution in [0.2, 0.25) is 0 Å². The van der Waals surface area contributed by atoms with Gasteiger partial charge in [0.25, 0.3) is 0 Å². The molecule has 0 heterocycles. The second-order valence-corrected chi connectivity index (χ2v) is 6.05. The van der Waals surface area contributed by atoms with Gasteiger partial charge in [-0.1, -0.05) is 78.6 Å². The zero-order chi connectivity index (χ0) is 11.1. The molecule has 1 rings (SSSR count). The van der Waals surface area contributed by atoms with Crippen molar-refractivity contribution in [2.24, 2.45) is 17.8 Å². The van der Waals surface area contributed by atoms with Crippen LogP contribution in [0.25, 0.3) is 0 Å². The second kappa shape index (κ2) is 7.30. The van der Waals surface area contributed by atoms with Gasteiger partial charge in [-0.2, -0.15) is 0 Å². The molecular weight excluding hydrogens is 180 g/mol. The third-order valence-corrected chi connectivity index (χ3v) is 4.15. The van der Waals surface area contributed by atoms with Gasteiger partial charge in [-0.15, -0.1) is 0 Å². The summed E-state index contributed by atoms with van der Waals surface area (Å²) in [5.41, 5.74) is 0. The van der Waals surface area contributed by atoms with E-state index in [2.05, 4.69) is 20.8 Å². The highest BCUT2D eigenvalue weighted by atomic mass is 14.2. The van der Waals surface area contributed by atoms with E-state index in [0.29, 0.717) is 0 Å². The molecule has 0 saturated heterocycles. The molecular formula is C15H30. The normalized spacial score (nSPS) is 20.8. The molecule has 1 fully saturated rings. The lowest BCUT2D eigenvalue weighted by Crippen LogP contribution is -2.15. The summed E-state index contributed by atoms with van der Waals surface area (Å²) >= 11 is 0. The average Bonchev–Trinajstić information content (AvgIpc) is 2.25. The fraction of sp³-hybridized carbons (Fsp3) is 1.00. The Morgan fingerprint density at radius 2 is 1.47 bits per heavy atom. The van der Waals surface area contributed by atoms with E-state index in [0.717, 1.165) is 17.8 Å².